The fourth-order valence-electron chi connectivity index (χ4n) is 0.243. The fraction of sp³-hybridized carbons (Fsp3) is 0.667. The van der Waals surface area contributed by atoms with Crippen LogP contribution in [-0.4, -0.2) is 6.67 Å². The minimum atomic E-state index is -0.516. The van der Waals surface area contributed by atoms with Crippen molar-refractivity contribution in [3.05, 3.63) is 0 Å². The molecule has 0 aromatic rings. The first-order valence-corrected chi connectivity index (χ1v) is 2.31. The van der Waals surface area contributed by atoms with E-state index in [1.54, 1.807) is 0 Å². The topological polar surface area (TPSA) is 0 Å². The van der Waals surface area contributed by atoms with Crippen molar-refractivity contribution in [1.29, 1.82) is 0 Å². The largest absolute Gasteiger partial charge is 0.237 e. The monoisotopic (exact) mass is 100 g/mol. The highest BCUT2D eigenvalue weighted by molar-refractivity contribution is 5.00. The summed E-state index contributed by atoms with van der Waals surface area (Å²) in [5.41, 5.74) is 0. The molecule has 0 saturated carbocycles. The molecule has 0 aliphatic carbocycles. The molecular formula is C6H9F. The highest BCUT2D eigenvalue weighted by Gasteiger charge is 1.77. The molecule has 7 heavy (non-hydrogen) atoms. The Morgan fingerprint density at radius 2 is 2.14 bits per heavy atom. The van der Waals surface area contributed by atoms with E-state index in [-0.39, 0.29) is 0 Å². The van der Waals surface area contributed by atoms with Gasteiger partial charge in [-0.25, -0.2) is 4.39 Å². The van der Waals surface area contributed by atoms with E-state index in [4.69, 9.17) is 0 Å². The zero-order chi connectivity index (χ0) is 5.70. The van der Waals surface area contributed by atoms with Crippen molar-refractivity contribution in [2.24, 2.45) is 5.92 Å². The second-order valence-electron chi connectivity index (χ2n) is 1.61. The number of hydrogen-bond donors (Lipinski definition) is 0. The van der Waals surface area contributed by atoms with Crippen LogP contribution in [0.2, 0.25) is 0 Å². The third-order valence-corrected chi connectivity index (χ3v) is 0.458. The molecule has 0 bridgehead atoms. The van der Waals surface area contributed by atoms with Crippen molar-refractivity contribution in [3.8, 4) is 11.8 Å². The van der Waals surface area contributed by atoms with Gasteiger partial charge in [-0.1, -0.05) is 25.7 Å². The van der Waals surface area contributed by atoms with E-state index < -0.39 is 6.67 Å². The van der Waals surface area contributed by atoms with Crippen molar-refractivity contribution in [2.45, 2.75) is 13.8 Å². The van der Waals surface area contributed by atoms with Crippen LogP contribution in [0.3, 0.4) is 0 Å². The van der Waals surface area contributed by atoms with Crippen LogP contribution in [-0.2, 0) is 0 Å². The van der Waals surface area contributed by atoms with Gasteiger partial charge < -0.3 is 0 Å². The Bertz CT molecular complexity index is 84.1. The molecule has 0 N–H and O–H groups in total. The van der Waals surface area contributed by atoms with Gasteiger partial charge in [-0.15, -0.1) is 0 Å². The van der Waals surface area contributed by atoms with Crippen molar-refractivity contribution >= 4 is 0 Å². The van der Waals surface area contributed by atoms with Crippen LogP contribution in [0.5, 0.6) is 0 Å². The van der Waals surface area contributed by atoms with Gasteiger partial charge >= 0.3 is 0 Å². The number of hydrogen-bond acceptors (Lipinski definition) is 0. The van der Waals surface area contributed by atoms with Crippen molar-refractivity contribution in [3.63, 3.8) is 0 Å². The summed E-state index contributed by atoms with van der Waals surface area (Å²) >= 11 is 0. The molecular weight excluding hydrogens is 91.1 g/mol. The van der Waals surface area contributed by atoms with Gasteiger partial charge in [-0.05, 0) is 0 Å². The molecule has 0 heterocycles. The molecule has 0 spiro atoms. The zero-order valence-corrected chi connectivity index (χ0v) is 4.66. The first-order chi connectivity index (χ1) is 3.27. The third kappa shape index (κ3) is 5.49. The molecule has 0 aromatic carbocycles. The molecule has 40 valence electrons. The lowest BCUT2D eigenvalue weighted by Crippen LogP contribution is -1.77. The Hall–Kier alpha value is -0.510. The van der Waals surface area contributed by atoms with Gasteiger partial charge in [-0.3, -0.25) is 0 Å². The van der Waals surface area contributed by atoms with Gasteiger partial charge in [0, 0.05) is 5.92 Å². The number of alkyl halides is 1. The van der Waals surface area contributed by atoms with E-state index in [1.807, 2.05) is 13.8 Å². The molecule has 0 aliphatic heterocycles. The predicted octanol–water partition coefficient (Wildman–Crippen LogP) is 1.62. The first-order valence-electron chi connectivity index (χ1n) is 2.31. The fourth-order valence-corrected chi connectivity index (χ4v) is 0.243. The highest BCUT2D eigenvalue weighted by atomic mass is 19.1. The molecule has 0 amide bonds. The van der Waals surface area contributed by atoms with E-state index in [2.05, 4.69) is 11.8 Å². The summed E-state index contributed by atoms with van der Waals surface area (Å²) in [7, 11) is 0. The smallest absolute Gasteiger partial charge is 0.150 e. The van der Waals surface area contributed by atoms with E-state index in [9.17, 15) is 4.39 Å². The van der Waals surface area contributed by atoms with Crippen molar-refractivity contribution in [1.82, 2.24) is 0 Å². The third-order valence-electron chi connectivity index (χ3n) is 0.458. The minimum absolute atomic E-state index is 0.302. The predicted molar refractivity (Wildman–Crippen MR) is 28.6 cm³/mol. The summed E-state index contributed by atoms with van der Waals surface area (Å²) in [6, 6.07) is 0. The maximum absolute atomic E-state index is 11.2. The summed E-state index contributed by atoms with van der Waals surface area (Å²) in [5.74, 6) is 5.30. The summed E-state index contributed by atoms with van der Waals surface area (Å²) in [5, 5.41) is 0. The lowest BCUT2D eigenvalue weighted by molar-refractivity contribution is 0.572. The Labute approximate surface area is 43.7 Å². The Balaban J connectivity index is 3.24. The van der Waals surface area contributed by atoms with Crippen LogP contribution < -0.4 is 0 Å². The van der Waals surface area contributed by atoms with Crippen LogP contribution in [0, 0.1) is 17.8 Å². The van der Waals surface area contributed by atoms with E-state index in [1.165, 1.54) is 0 Å². The maximum Gasteiger partial charge on any atom is 0.150 e. The Morgan fingerprint density at radius 3 is 2.29 bits per heavy atom. The summed E-state index contributed by atoms with van der Waals surface area (Å²) in [4.78, 5) is 0. The molecule has 0 aliphatic rings. The quantitative estimate of drug-likeness (QED) is 0.406. The van der Waals surface area contributed by atoms with E-state index in [0.29, 0.717) is 5.92 Å². The molecule has 0 saturated heterocycles. The minimum Gasteiger partial charge on any atom is -0.237 e. The molecule has 0 nitrogen and oxygen atoms in total. The summed E-state index contributed by atoms with van der Waals surface area (Å²) in [6.07, 6.45) is 0. The molecule has 0 radical (unpaired) electrons. The van der Waals surface area contributed by atoms with E-state index >= 15 is 0 Å². The van der Waals surface area contributed by atoms with Gasteiger partial charge in [0.15, 0.2) is 0 Å². The van der Waals surface area contributed by atoms with Gasteiger partial charge in [0.05, 0.1) is 0 Å². The van der Waals surface area contributed by atoms with Gasteiger partial charge in [0.1, 0.15) is 6.67 Å². The Kier molecular flexibility index (Phi) is 3.40. The molecule has 0 unspecified atom stereocenters. The zero-order valence-electron chi connectivity index (χ0n) is 4.66. The summed E-state index contributed by atoms with van der Waals surface area (Å²) in [6.45, 7) is 3.35. The van der Waals surface area contributed by atoms with Crippen molar-refractivity contribution in [2.75, 3.05) is 6.67 Å². The normalized spacial score (nSPS) is 8.00. The van der Waals surface area contributed by atoms with Crippen LogP contribution in [0.4, 0.5) is 4.39 Å². The highest BCUT2D eigenvalue weighted by Crippen LogP contribution is 1.84. The van der Waals surface area contributed by atoms with Crippen molar-refractivity contribution < 1.29 is 4.39 Å². The van der Waals surface area contributed by atoms with Crippen LogP contribution in [0.1, 0.15) is 13.8 Å². The Morgan fingerprint density at radius 1 is 1.57 bits per heavy atom. The second-order valence-corrected chi connectivity index (χ2v) is 1.61. The molecule has 0 atom stereocenters. The SMILES string of the molecule is CC(C)C#CCF. The molecule has 0 rings (SSSR count). The molecule has 1 heteroatoms. The average Bonchev–Trinajstić information content (AvgIpc) is 1.61. The van der Waals surface area contributed by atoms with Gasteiger partial charge in [0.25, 0.3) is 0 Å². The summed E-state index contributed by atoms with van der Waals surface area (Å²) < 4.78 is 11.2. The molecule has 0 fully saturated rings. The lowest BCUT2D eigenvalue weighted by atomic mass is 10.2. The average molecular weight is 100 g/mol. The van der Waals surface area contributed by atoms with Crippen LogP contribution in [0.25, 0.3) is 0 Å². The number of halogens is 1. The molecule has 0 aromatic heterocycles. The lowest BCUT2D eigenvalue weighted by Gasteiger charge is -1.83. The standard InChI is InChI=1S/C6H9F/c1-6(2)4-3-5-7/h6H,5H2,1-2H3. The maximum atomic E-state index is 11.2. The van der Waals surface area contributed by atoms with Crippen LogP contribution >= 0.6 is 0 Å². The number of rotatable bonds is 0. The first kappa shape index (κ1) is 6.49. The van der Waals surface area contributed by atoms with Crippen LogP contribution in [0.15, 0.2) is 0 Å². The van der Waals surface area contributed by atoms with E-state index in [0.717, 1.165) is 0 Å². The van der Waals surface area contributed by atoms with Gasteiger partial charge in [-0.2, -0.15) is 0 Å². The van der Waals surface area contributed by atoms with Gasteiger partial charge in [0.2, 0.25) is 0 Å². The second kappa shape index (κ2) is 3.67.